The molecule has 0 amide bonds. The molecule has 0 aromatic carbocycles. The summed E-state index contributed by atoms with van der Waals surface area (Å²) in [5.74, 6) is 0. The van der Waals surface area contributed by atoms with E-state index in [1.54, 1.807) is 6.07 Å². The summed E-state index contributed by atoms with van der Waals surface area (Å²) >= 11 is 0. The molecular formula is C3H5NO. The highest BCUT2D eigenvalue weighted by Gasteiger charge is 1.34. The number of allylic oxidation sites excluding steroid dienone is 1. The van der Waals surface area contributed by atoms with Crippen LogP contribution in [-0.2, 0) is 0 Å². The maximum Gasteiger partial charge on any atom is 0.0905 e. The van der Waals surface area contributed by atoms with Crippen molar-refractivity contribution in [2.75, 3.05) is 0 Å². The highest BCUT2D eigenvalue weighted by molar-refractivity contribution is 4.93. The van der Waals surface area contributed by atoms with Crippen molar-refractivity contribution in [3.05, 3.63) is 12.7 Å². The molecule has 0 aliphatic rings. The Morgan fingerprint density at radius 3 is 2.00 bits per heavy atom. The summed E-state index contributed by atoms with van der Waals surface area (Å²) in [5.41, 5.74) is 0. The van der Waals surface area contributed by atoms with Gasteiger partial charge in [-0.15, -0.1) is 0 Å². The average molecular weight is 71.1 g/mol. The maximum absolute atomic E-state index is 7.51. The Morgan fingerprint density at radius 1 is 1.80 bits per heavy atom. The first kappa shape index (κ1) is 8.89. The van der Waals surface area contributed by atoms with Crippen molar-refractivity contribution in [3.8, 4) is 6.07 Å². The van der Waals surface area contributed by atoms with Crippen molar-refractivity contribution in [1.82, 2.24) is 0 Å². The first-order chi connectivity index (χ1) is 1.91. The second kappa shape index (κ2) is 10.8. The van der Waals surface area contributed by atoms with Crippen LogP contribution < -0.4 is 0 Å². The van der Waals surface area contributed by atoms with Gasteiger partial charge in [-0.2, -0.15) is 5.26 Å². The lowest BCUT2D eigenvalue weighted by atomic mass is 10.8. The molecule has 0 radical (unpaired) electrons. The molecule has 2 nitrogen and oxygen atoms in total. The SMILES string of the molecule is C=CC#N.O. The lowest BCUT2D eigenvalue weighted by molar-refractivity contribution is 0.824. The zero-order chi connectivity index (χ0) is 3.41. The average Bonchev–Trinajstić information content (AvgIpc) is 1.37. The largest absolute Gasteiger partial charge is 0.412 e. The molecule has 0 unspecified atom stereocenters. The van der Waals surface area contributed by atoms with Crippen molar-refractivity contribution in [2.24, 2.45) is 0 Å². The molecule has 0 aromatic heterocycles. The van der Waals surface area contributed by atoms with E-state index in [0.29, 0.717) is 0 Å². The molecule has 0 aliphatic carbocycles. The Balaban J connectivity index is 0. The molecule has 5 heavy (non-hydrogen) atoms. The maximum atomic E-state index is 7.51. The Labute approximate surface area is 30.7 Å². The fraction of sp³-hybridized carbons (Fsp3) is 0. The van der Waals surface area contributed by atoms with Gasteiger partial charge in [0.25, 0.3) is 0 Å². The van der Waals surface area contributed by atoms with Crippen molar-refractivity contribution in [1.29, 1.82) is 5.26 Å². The number of hydrogen-bond acceptors (Lipinski definition) is 1. The molecule has 0 aliphatic heterocycles. The van der Waals surface area contributed by atoms with E-state index in [1.807, 2.05) is 0 Å². The summed E-state index contributed by atoms with van der Waals surface area (Å²) < 4.78 is 0. The molecule has 0 spiro atoms. The molecule has 0 heterocycles. The number of nitrogens with zero attached hydrogens (tertiary/aromatic N) is 1. The molecule has 2 heteroatoms. The lowest BCUT2D eigenvalue weighted by Gasteiger charge is -1.31. The predicted molar refractivity (Wildman–Crippen MR) is 19.4 cm³/mol. The molecule has 0 bridgehead atoms. The molecule has 0 rings (SSSR count). The Hall–Kier alpha value is -0.810. The van der Waals surface area contributed by atoms with Crippen molar-refractivity contribution < 1.29 is 5.48 Å². The van der Waals surface area contributed by atoms with Gasteiger partial charge in [-0.25, -0.2) is 0 Å². The zero-order valence-electron chi connectivity index (χ0n) is 2.73. The standard InChI is InChI=1S/C3H3N.H2O/c1-2-3-4;/h2H,1H2;1H2. The van der Waals surface area contributed by atoms with E-state index < -0.39 is 0 Å². The molecule has 0 fully saturated rings. The van der Waals surface area contributed by atoms with Crippen LogP contribution in [0.5, 0.6) is 0 Å². The summed E-state index contributed by atoms with van der Waals surface area (Å²) in [6, 6.07) is 1.69. The van der Waals surface area contributed by atoms with Crippen LogP contribution in [0.1, 0.15) is 0 Å². The van der Waals surface area contributed by atoms with Gasteiger partial charge in [0.15, 0.2) is 0 Å². The van der Waals surface area contributed by atoms with E-state index in [9.17, 15) is 0 Å². The Kier molecular flexibility index (Phi) is 19.2. The third kappa shape index (κ3) is 125. The first-order valence-electron chi connectivity index (χ1n) is 0.921. The normalized spacial score (nSPS) is 3.00. The third-order valence-corrected chi connectivity index (χ3v) is 0.0913. The van der Waals surface area contributed by atoms with Gasteiger partial charge in [-0.3, -0.25) is 0 Å². The van der Waals surface area contributed by atoms with Gasteiger partial charge in [0.2, 0.25) is 0 Å². The minimum atomic E-state index is 0. The molecular weight excluding hydrogens is 66.0 g/mol. The Morgan fingerprint density at radius 2 is 2.00 bits per heavy atom. The van der Waals surface area contributed by atoms with Gasteiger partial charge in [0, 0.05) is 6.08 Å². The monoisotopic (exact) mass is 71.0 g/mol. The van der Waals surface area contributed by atoms with E-state index in [-0.39, 0.29) is 5.48 Å². The van der Waals surface area contributed by atoms with Gasteiger partial charge in [0.1, 0.15) is 0 Å². The van der Waals surface area contributed by atoms with E-state index in [2.05, 4.69) is 6.58 Å². The minimum Gasteiger partial charge on any atom is -0.412 e. The molecule has 2 N–H and O–H groups in total. The van der Waals surface area contributed by atoms with Crippen LogP contribution in [0.25, 0.3) is 0 Å². The number of rotatable bonds is 0. The van der Waals surface area contributed by atoms with Crippen molar-refractivity contribution in [2.45, 2.75) is 0 Å². The highest BCUT2D eigenvalue weighted by atomic mass is 16.0. The van der Waals surface area contributed by atoms with Gasteiger partial charge >= 0.3 is 0 Å². The summed E-state index contributed by atoms with van der Waals surface area (Å²) in [6.45, 7) is 3.12. The zero-order valence-corrected chi connectivity index (χ0v) is 2.73. The fourth-order valence-electron chi connectivity index (χ4n) is 0. The second-order valence-corrected chi connectivity index (χ2v) is 0.333. The van der Waals surface area contributed by atoms with E-state index in [4.69, 9.17) is 5.26 Å². The van der Waals surface area contributed by atoms with Crippen molar-refractivity contribution in [3.63, 3.8) is 0 Å². The summed E-state index contributed by atoms with van der Waals surface area (Å²) in [7, 11) is 0. The Bertz CT molecular complexity index is 52.4. The smallest absolute Gasteiger partial charge is 0.0905 e. The van der Waals surface area contributed by atoms with E-state index in [0.717, 1.165) is 0 Å². The van der Waals surface area contributed by atoms with Crippen LogP contribution in [0.2, 0.25) is 0 Å². The minimum absolute atomic E-state index is 0. The summed E-state index contributed by atoms with van der Waals surface area (Å²) in [4.78, 5) is 0. The lowest BCUT2D eigenvalue weighted by Crippen LogP contribution is -1.23. The van der Waals surface area contributed by atoms with Crippen LogP contribution in [-0.4, -0.2) is 5.48 Å². The van der Waals surface area contributed by atoms with E-state index >= 15 is 0 Å². The fourth-order valence-corrected chi connectivity index (χ4v) is 0. The molecule has 28 valence electrons. The van der Waals surface area contributed by atoms with Crippen LogP contribution in [0.3, 0.4) is 0 Å². The summed E-state index contributed by atoms with van der Waals surface area (Å²) in [5, 5.41) is 7.51. The van der Waals surface area contributed by atoms with E-state index in [1.165, 1.54) is 6.08 Å². The number of hydrogen-bond donors (Lipinski definition) is 0. The molecule has 0 atom stereocenters. The summed E-state index contributed by atoms with van der Waals surface area (Å²) in [6.07, 6.45) is 1.18. The van der Waals surface area contributed by atoms with Gasteiger partial charge in [0.05, 0.1) is 6.07 Å². The topological polar surface area (TPSA) is 55.3 Å². The van der Waals surface area contributed by atoms with Gasteiger partial charge in [-0.05, 0) is 0 Å². The van der Waals surface area contributed by atoms with Crippen LogP contribution in [0.4, 0.5) is 0 Å². The molecule has 0 aromatic rings. The number of nitriles is 1. The van der Waals surface area contributed by atoms with Crippen LogP contribution >= 0.6 is 0 Å². The highest BCUT2D eigenvalue weighted by Crippen LogP contribution is 1.41. The van der Waals surface area contributed by atoms with Crippen LogP contribution in [0, 0.1) is 11.3 Å². The predicted octanol–water partition coefficient (Wildman–Crippen LogP) is -0.129. The quantitative estimate of drug-likeness (QED) is 0.367. The third-order valence-electron chi connectivity index (χ3n) is 0.0913. The second-order valence-electron chi connectivity index (χ2n) is 0.333. The first-order valence-corrected chi connectivity index (χ1v) is 0.921. The van der Waals surface area contributed by atoms with Crippen LogP contribution in [0.15, 0.2) is 12.7 Å². The van der Waals surface area contributed by atoms with Gasteiger partial charge < -0.3 is 5.48 Å². The van der Waals surface area contributed by atoms with Gasteiger partial charge in [-0.1, -0.05) is 6.58 Å². The van der Waals surface area contributed by atoms with Crippen molar-refractivity contribution >= 4 is 0 Å². The molecule has 0 saturated carbocycles. The molecule has 0 saturated heterocycles.